The first-order chi connectivity index (χ1) is 14.0. The largest absolute Gasteiger partial charge is 0.497 e. The fourth-order valence-electron chi connectivity index (χ4n) is 2.50. The van der Waals surface area contributed by atoms with E-state index in [1.807, 2.05) is 18.2 Å². The molecule has 1 aromatic heterocycles. The Labute approximate surface area is 173 Å². The quantitative estimate of drug-likeness (QED) is 0.295. The molecular formula is C19H22N4O4S2. The van der Waals surface area contributed by atoms with Crippen LogP contribution in [0.15, 0.2) is 64.6 Å². The zero-order chi connectivity index (χ0) is 20.7. The monoisotopic (exact) mass is 434 g/mol. The molecule has 0 radical (unpaired) electrons. The van der Waals surface area contributed by atoms with E-state index in [-0.39, 0.29) is 12.4 Å². The second kappa shape index (κ2) is 9.66. The van der Waals surface area contributed by atoms with Crippen LogP contribution in [0.3, 0.4) is 0 Å². The summed E-state index contributed by atoms with van der Waals surface area (Å²) in [7, 11) is -1.69. The number of sulfone groups is 1. The number of methoxy groups -OCH3 is 1. The molecule has 0 unspecified atom stereocenters. The first-order valence-corrected chi connectivity index (χ1v) is 11.5. The van der Waals surface area contributed by atoms with Crippen molar-refractivity contribution in [3.63, 3.8) is 0 Å². The van der Waals surface area contributed by atoms with Gasteiger partial charge in [-0.3, -0.25) is 0 Å². The molecule has 8 nitrogen and oxygen atoms in total. The Morgan fingerprint density at radius 2 is 1.83 bits per heavy atom. The van der Waals surface area contributed by atoms with Crippen LogP contribution in [0.2, 0.25) is 0 Å². The Kier molecular flexibility index (Phi) is 6.99. The minimum atomic E-state index is -3.28. The van der Waals surface area contributed by atoms with Crippen molar-refractivity contribution in [2.45, 2.75) is 23.1 Å². The number of nitrogen functional groups attached to an aromatic ring is 1. The van der Waals surface area contributed by atoms with Crippen LogP contribution >= 0.6 is 11.8 Å². The van der Waals surface area contributed by atoms with Crippen LogP contribution in [-0.4, -0.2) is 41.9 Å². The van der Waals surface area contributed by atoms with E-state index >= 15 is 0 Å². The number of benzene rings is 2. The van der Waals surface area contributed by atoms with Gasteiger partial charge in [-0.2, -0.15) is 0 Å². The Hall–Kier alpha value is -2.72. The smallest absolute Gasteiger partial charge is 0.209 e. The maximum absolute atomic E-state index is 12.3. The average Bonchev–Trinajstić information content (AvgIpc) is 3.10. The maximum atomic E-state index is 12.3. The van der Waals surface area contributed by atoms with E-state index in [0.717, 1.165) is 0 Å². The SMILES string of the molecule is COc1cccc(OCc2nnc(SCCCS(=O)(=O)c3ccccc3)n2N)c1. The fourth-order valence-corrected chi connectivity index (χ4v) is 4.83. The molecule has 0 saturated heterocycles. The number of ether oxygens (including phenoxy) is 2. The molecule has 2 aromatic carbocycles. The summed E-state index contributed by atoms with van der Waals surface area (Å²) in [5, 5.41) is 8.60. The van der Waals surface area contributed by atoms with Gasteiger partial charge < -0.3 is 15.3 Å². The van der Waals surface area contributed by atoms with E-state index in [1.54, 1.807) is 43.5 Å². The summed E-state index contributed by atoms with van der Waals surface area (Å²) in [5.74, 6) is 8.44. The molecule has 0 atom stereocenters. The van der Waals surface area contributed by atoms with Crippen LogP contribution in [0, 0.1) is 0 Å². The molecule has 10 heteroatoms. The van der Waals surface area contributed by atoms with Gasteiger partial charge in [0, 0.05) is 11.8 Å². The molecule has 3 aromatic rings. The van der Waals surface area contributed by atoms with Crippen molar-refractivity contribution >= 4 is 21.6 Å². The fraction of sp³-hybridized carbons (Fsp3) is 0.263. The number of thioether (sulfide) groups is 1. The third kappa shape index (κ3) is 5.64. The molecule has 0 aliphatic heterocycles. The molecule has 29 heavy (non-hydrogen) atoms. The summed E-state index contributed by atoms with van der Waals surface area (Å²) < 4.78 is 36.8. The van der Waals surface area contributed by atoms with Crippen molar-refractivity contribution in [2.75, 3.05) is 24.5 Å². The molecule has 1 heterocycles. The summed E-state index contributed by atoms with van der Waals surface area (Å²) in [6.07, 6.45) is 0.477. The van der Waals surface area contributed by atoms with Crippen LogP contribution in [0.25, 0.3) is 0 Å². The first kappa shape index (κ1) is 21.0. The lowest BCUT2D eigenvalue weighted by Crippen LogP contribution is -2.16. The zero-order valence-electron chi connectivity index (χ0n) is 15.9. The summed E-state index contributed by atoms with van der Waals surface area (Å²) in [5.41, 5.74) is 0. The van der Waals surface area contributed by atoms with Gasteiger partial charge in [0.05, 0.1) is 17.8 Å². The normalized spacial score (nSPS) is 11.3. The third-order valence-electron chi connectivity index (χ3n) is 4.04. The van der Waals surface area contributed by atoms with E-state index in [9.17, 15) is 8.42 Å². The van der Waals surface area contributed by atoms with Gasteiger partial charge in [-0.15, -0.1) is 10.2 Å². The van der Waals surface area contributed by atoms with Gasteiger partial charge in [0.1, 0.15) is 18.1 Å². The average molecular weight is 435 g/mol. The van der Waals surface area contributed by atoms with Crippen LogP contribution < -0.4 is 15.3 Å². The number of nitrogens with zero attached hydrogens (tertiary/aromatic N) is 3. The predicted molar refractivity (Wildman–Crippen MR) is 111 cm³/mol. The lowest BCUT2D eigenvalue weighted by atomic mass is 10.3. The van der Waals surface area contributed by atoms with Crippen LogP contribution in [0.1, 0.15) is 12.2 Å². The number of hydrogen-bond donors (Lipinski definition) is 1. The molecule has 0 spiro atoms. The predicted octanol–water partition coefficient (Wildman–Crippen LogP) is 2.54. The van der Waals surface area contributed by atoms with E-state index in [2.05, 4.69) is 10.2 Å². The molecule has 154 valence electrons. The Morgan fingerprint density at radius 1 is 1.07 bits per heavy atom. The van der Waals surface area contributed by atoms with Gasteiger partial charge in [-0.1, -0.05) is 36.0 Å². The Bertz CT molecular complexity index is 1040. The van der Waals surface area contributed by atoms with Gasteiger partial charge >= 0.3 is 0 Å². The lowest BCUT2D eigenvalue weighted by Gasteiger charge is -2.08. The molecule has 2 N–H and O–H groups in total. The van der Waals surface area contributed by atoms with Gasteiger partial charge in [0.2, 0.25) is 5.16 Å². The zero-order valence-corrected chi connectivity index (χ0v) is 17.5. The highest BCUT2D eigenvalue weighted by Crippen LogP contribution is 2.21. The second-order valence-electron chi connectivity index (χ2n) is 6.07. The van der Waals surface area contributed by atoms with Crippen LogP contribution in [0.5, 0.6) is 11.5 Å². The molecule has 0 aliphatic rings. The van der Waals surface area contributed by atoms with Crippen molar-refractivity contribution in [1.29, 1.82) is 0 Å². The van der Waals surface area contributed by atoms with Crippen molar-refractivity contribution < 1.29 is 17.9 Å². The van der Waals surface area contributed by atoms with Gasteiger partial charge in [0.25, 0.3) is 0 Å². The van der Waals surface area contributed by atoms with Crippen molar-refractivity contribution in [3.8, 4) is 11.5 Å². The number of rotatable bonds is 10. The van der Waals surface area contributed by atoms with E-state index in [4.69, 9.17) is 15.3 Å². The number of nitrogens with two attached hydrogens (primary N) is 1. The highest BCUT2D eigenvalue weighted by molar-refractivity contribution is 7.99. The van der Waals surface area contributed by atoms with Crippen molar-refractivity contribution in [1.82, 2.24) is 14.9 Å². The highest BCUT2D eigenvalue weighted by Gasteiger charge is 2.15. The number of hydrogen-bond acceptors (Lipinski definition) is 8. The molecule has 3 rings (SSSR count). The summed E-state index contributed by atoms with van der Waals surface area (Å²) in [6, 6.07) is 15.7. The van der Waals surface area contributed by atoms with Crippen LogP contribution in [-0.2, 0) is 16.4 Å². The van der Waals surface area contributed by atoms with E-state index < -0.39 is 9.84 Å². The number of aromatic nitrogens is 3. The Morgan fingerprint density at radius 3 is 2.59 bits per heavy atom. The molecule has 0 aliphatic carbocycles. The Balaban J connectivity index is 1.49. The molecule has 0 amide bonds. The van der Waals surface area contributed by atoms with Gasteiger partial charge in [0.15, 0.2) is 15.7 Å². The molecule has 0 fully saturated rings. The second-order valence-corrected chi connectivity index (χ2v) is 9.24. The summed E-state index contributed by atoms with van der Waals surface area (Å²) in [6.45, 7) is 0.152. The van der Waals surface area contributed by atoms with Crippen LogP contribution in [0.4, 0.5) is 0 Å². The first-order valence-electron chi connectivity index (χ1n) is 8.86. The van der Waals surface area contributed by atoms with E-state index in [1.165, 1.54) is 16.4 Å². The standard InChI is InChI=1S/C19H22N4O4S2/c1-26-15-7-5-8-16(13-15)27-14-18-21-22-19(23(18)20)28-11-6-12-29(24,25)17-9-3-2-4-10-17/h2-5,7-10,13H,6,11-12,14,20H2,1H3. The van der Waals surface area contributed by atoms with Crippen molar-refractivity contribution in [3.05, 3.63) is 60.4 Å². The summed E-state index contributed by atoms with van der Waals surface area (Å²) >= 11 is 1.36. The maximum Gasteiger partial charge on any atom is 0.209 e. The van der Waals surface area contributed by atoms with Gasteiger partial charge in [-0.25, -0.2) is 13.1 Å². The lowest BCUT2D eigenvalue weighted by molar-refractivity contribution is 0.289. The topological polar surface area (TPSA) is 109 Å². The highest BCUT2D eigenvalue weighted by atomic mass is 32.2. The van der Waals surface area contributed by atoms with Crippen molar-refractivity contribution in [2.24, 2.45) is 0 Å². The molecule has 0 saturated carbocycles. The minimum Gasteiger partial charge on any atom is -0.497 e. The molecule has 0 bridgehead atoms. The van der Waals surface area contributed by atoms with E-state index in [0.29, 0.717) is 39.5 Å². The third-order valence-corrected chi connectivity index (χ3v) is 6.88. The molecular weight excluding hydrogens is 412 g/mol. The minimum absolute atomic E-state index is 0.0640. The van der Waals surface area contributed by atoms with Gasteiger partial charge in [-0.05, 0) is 30.7 Å². The summed E-state index contributed by atoms with van der Waals surface area (Å²) in [4.78, 5) is 0.337.